The van der Waals surface area contributed by atoms with Crippen molar-refractivity contribution in [3.8, 4) is 0 Å². The van der Waals surface area contributed by atoms with Crippen molar-refractivity contribution in [1.82, 2.24) is 15.5 Å². The van der Waals surface area contributed by atoms with Gasteiger partial charge in [0.25, 0.3) is 5.91 Å². The number of likely N-dealkylation sites (tertiary alicyclic amines) is 1. The van der Waals surface area contributed by atoms with Crippen molar-refractivity contribution in [2.75, 3.05) is 26.2 Å². The number of carbonyl (C=O) groups is 3. The van der Waals surface area contributed by atoms with Crippen LogP contribution in [0.2, 0.25) is 0 Å². The molecule has 2 unspecified atom stereocenters. The maximum atomic E-state index is 12.2. The molecule has 1 aliphatic rings. The number of aryl methyl sites for hydroxylation is 1. The van der Waals surface area contributed by atoms with Crippen LogP contribution in [0, 0.1) is 18.8 Å². The molecule has 1 aliphatic heterocycles. The fourth-order valence-corrected chi connectivity index (χ4v) is 2.96. The molecule has 0 aliphatic carbocycles. The van der Waals surface area contributed by atoms with Gasteiger partial charge >= 0.3 is 12.0 Å². The predicted molar refractivity (Wildman–Crippen MR) is 93.4 cm³/mol. The van der Waals surface area contributed by atoms with E-state index in [1.807, 2.05) is 26.0 Å². The van der Waals surface area contributed by atoms with Crippen LogP contribution < -0.4 is 10.6 Å². The molecule has 7 heteroatoms. The number of carboxylic acid groups (broad SMARTS) is 1. The van der Waals surface area contributed by atoms with Crippen molar-refractivity contribution >= 4 is 17.9 Å². The standard InChI is InChI=1S/C18H25N3O4/c1-12-3-5-14(6-4-12)16(22)19-7-8-20-18(25)21-10-13(2)9-15(11-21)17(23)24/h3-6,13,15H,7-11H2,1-2H3,(H,19,22)(H,20,25)(H,23,24). The van der Waals surface area contributed by atoms with E-state index in [0.717, 1.165) is 5.56 Å². The monoisotopic (exact) mass is 347 g/mol. The Morgan fingerprint density at radius 2 is 1.76 bits per heavy atom. The van der Waals surface area contributed by atoms with E-state index in [2.05, 4.69) is 10.6 Å². The molecule has 0 spiro atoms. The smallest absolute Gasteiger partial charge is 0.317 e. The van der Waals surface area contributed by atoms with Gasteiger partial charge in [-0.05, 0) is 31.4 Å². The lowest BCUT2D eigenvalue weighted by Crippen LogP contribution is -2.50. The molecule has 2 atom stereocenters. The molecule has 0 radical (unpaired) electrons. The maximum Gasteiger partial charge on any atom is 0.317 e. The van der Waals surface area contributed by atoms with Crippen LogP contribution >= 0.6 is 0 Å². The van der Waals surface area contributed by atoms with Crippen LogP contribution in [0.3, 0.4) is 0 Å². The van der Waals surface area contributed by atoms with Gasteiger partial charge < -0.3 is 20.6 Å². The number of piperidine rings is 1. The maximum absolute atomic E-state index is 12.2. The normalized spacial score (nSPS) is 20.0. The molecule has 1 heterocycles. The highest BCUT2D eigenvalue weighted by atomic mass is 16.4. The summed E-state index contributed by atoms with van der Waals surface area (Å²) >= 11 is 0. The molecule has 0 saturated carbocycles. The predicted octanol–water partition coefficient (Wildman–Crippen LogP) is 1.48. The largest absolute Gasteiger partial charge is 0.481 e. The summed E-state index contributed by atoms with van der Waals surface area (Å²) in [5, 5.41) is 14.6. The highest BCUT2D eigenvalue weighted by molar-refractivity contribution is 5.94. The Labute approximate surface area is 147 Å². The third-order valence-corrected chi connectivity index (χ3v) is 4.30. The topological polar surface area (TPSA) is 98.7 Å². The summed E-state index contributed by atoms with van der Waals surface area (Å²) in [6.07, 6.45) is 0.589. The molecule has 3 amide bonds. The average Bonchev–Trinajstić information content (AvgIpc) is 2.58. The van der Waals surface area contributed by atoms with Crippen LogP contribution in [0.15, 0.2) is 24.3 Å². The van der Waals surface area contributed by atoms with Gasteiger partial charge in [-0.1, -0.05) is 24.6 Å². The third-order valence-electron chi connectivity index (χ3n) is 4.30. The minimum absolute atomic E-state index is 0.154. The van der Waals surface area contributed by atoms with Crippen molar-refractivity contribution in [3.63, 3.8) is 0 Å². The first-order chi connectivity index (χ1) is 11.9. The van der Waals surface area contributed by atoms with E-state index in [9.17, 15) is 14.4 Å². The van der Waals surface area contributed by atoms with Crippen LogP contribution in [0.25, 0.3) is 0 Å². The number of carboxylic acids is 1. The Morgan fingerprint density at radius 1 is 1.12 bits per heavy atom. The number of nitrogens with zero attached hydrogens (tertiary/aromatic N) is 1. The zero-order valence-electron chi connectivity index (χ0n) is 14.6. The number of urea groups is 1. The Balaban J connectivity index is 1.73. The molecule has 25 heavy (non-hydrogen) atoms. The van der Waals surface area contributed by atoms with Gasteiger partial charge in [-0.25, -0.2) is 4.79 Å². The Morgan fingerprint density at radius 3 is 2.40 bits per heavy atom. The fourth-order valence-electron chi connectivity index (χ4n) is 2.96. The first-order valence-electron chi connectivity index (χ1n) is 8.47. The summed E-state index contributed by atoms with van der Waals surface area (Å²) in [6.45, 7) is 5.26. The summed E-state index contributed by atoms with van der Waals surface area (Å²) in [6, 6.07) is 6.96. The van der Waals surface area contributed by atoms with Crippen LogP contribution in [0.4, 0.5) is 4.79 Å². The summed E-state index contributed by atoms with van der Waals surface area (Å²) < 4.78 is 0. The summed E-state index contributed by atoms with van der Waals surface area (Å²) in [7, 11) is 0. The first kappa shape index (κ1) is 18.8. The lowest BCUT2D eigenvalue weighted by Gasteiger charge is -2.34. The van der Waals surface area contributed by atoms with Crippen molar-refractivity contribution < 1.29 is 19.5 Å². The van der Waals surface area contributed by atoms with E-state index in [1.165, 1.54) is 4.90 Å². The Bertz CT molecular complexity index is 630. The van der Waals surface area contributed by atoms with E-state index >= 15 is 0 Å². The van der Waals surface area contributed by atoms with Gasteiger partial charge in [-0.2, -0.15) is 0 Å². The molecular formula is C18H25N3O4. The number of carbonyl (C=O) groups excluding carboxylic acids is 2. The van der Waals surface area contributed by atoms with Crippen LogP contribution in [-0.2, 0) is 4.79 Å². The number of rotatable bonds is 5. The van der Waals surface area contributed by atoms with Gasteiger partial charge in [0.15, 0.2) is 0 Å². The summed E-state index contributed by atoms with van der Waals surface area (Å²) in [4.78, 5) is 36.8. The SMILES string of the molecule is Cc1ccc(C(=O)NCCNC(=O)N2CC(C)CC(C(=O)O)C2)cc1. The van der Waals surface area contributed by atoms with E-state index in [-0.39, 0.29) is 24.4 Å². The van der Waals surface area contributed by atoms with Gasteiger partial charge in [0, 0.05) is 31.7 Å². The molecule has 0 aromatic heterocycles. The average molecular weight is 347 g/mol. The van der Waals surface area contributed by atoms with Crippen molar-refractivity contribution in [1.29, 1.82) is 0 Å². The molecule has 2 rings (SSSR count). The Kier molecular flexibility index (Phi) is 6.38. The summed E-state index contributed by atoms with van der Waals surface area (Å²) in [5.41, 5.74) is 1.66. The second-order valence-corrected chi connectivity index (χ2v) is 6.63. The van der Waals surface area contributed by atoms with Gasteiger partial charge in [-0.3, -0.25) is 9.59 Å². The van der Waals surface area contributed by atoms with Crippen LogP contribution in [0.1, 0.15) is 29.3 Å². The number of aliphatic carboxylic acids is 1. The van der Waals surface area contributed by atoms with E-state index < -0.39 is 11.9 Å². The van der Waals surface area contributed by atoms with Crippen LogP contribution in [-0.4, -0.2) is 54.1 Å². The van der Waals surface area contributed by atoms with Gasteiger partial charge in [0.2, 0.25) is 0 Å². The zero-order chi connectivity index (χ0) is 18.4. The van der Waals surface area contributed by atoms with Gasteiger partial charge in [-0.15, -0.1) is 0 Å². The fraction of sp³-hybridized carbons (Fsp3) is 0.500. The molecule has 1 fully saturated rings. The molecule has 136 valence electrons. The molecule has 1 saturated heterocycles. The number of amides is 3. The number of hydrogen-bond acceptors (Lipinski definition) is 3. The van der Waals surface area contributed by atoms with Gasteiger partial charge in [0.1, 0.15) is 0 Å². The minimum Gasteiger partial charge on any atom is -0.481 e. The van der Waals surface area contributed by atoms with E-state index in [4.69, 9.17) is 5.11 Å². The number of nitrogens with one attached hydrogen (secondary N) is 2. The third kappa shape index (κ3) is 5.48. The first-order valence-corrected chi connectivity index (χ1v) is 8.47. The van der Waals surface area contributed by atoms with Crippen molar-refractivity contribution in [2.24, 2.45) is 11.8 Å². The van der Waals surface area contributed by atoms with Gasteiger partial charge in [0.05, 0.1) is 5.92 Å². The molecule has 3 N–H and O–H groups in total. The quantitative estimate of drug-likeness (QED) is 0.703. The minimum atomic E-state index is -0.866. The second-order valence-electron chi connectivity index (χ2n) is 6.63. The lowest BCUT2D eigenvalue weighted by atomic mass is 9.91. The number of benzene rings is 1. The summed E-state index contributed by atoms with van der Waals surface area (Å²) in [5.74, 6) is -1.42. The van der Waals surface area contributed by atoms with E-state index in [0.29, 0.717) is 31.6 Å². The second kappa shape index (κ2) is 8.50. The van der Waals surface area contributed by atoms with Crippen LogP contribution in [0.5, 0.6) is 0 Å². The Hall–Kier alpha value is -2.57. The molecule has 0 bridgehead atoms. The molecule has 1 aromatic carbocycles. The highest BCUT2D eigenvalue weighted by Gasteiger charge is 2.31. The highest BCUT2D eigenvalue weighted by Crippen LogP contribution is 2.21. The number of hydrogen-bond donors (Lipinski definition) is 3. The zero-order valence-corrected chi connectivity index (χ0v) is 14.6. The molecule has 1 aromatic rings. The van der Waals surface area contributed by atoms with E-state index in [1.54, 1.807) is 12.1 Å². The molecular weight excluding hydrogens is 322 g/mol. The van der Waals surface area contributed by atoms with Crippen molar-refractivity contribution in [2.45, 2.75) is 20.3 Å². The molecule has 7 nitrogen and oxygen atoms in total. The lowest BCUT2D eigenvalue weighted by molar-refractivity contribution is -0.143. The van der Waals surface area contributed by atoms with Crippen molar-refractivity contribution in [3.05, 3.63) is 35.4 Å².